The van der Waals surface area contributed by atoms with Gasteiger partial charge in [-0.15, -0.1) is 0 Å². The molecule has 4 nitrogen and oxygen atoms in total. The minimum Gasteiger partial charge on any atom is -0.467 e. The molecule has 27 heavy (non-hydrogen) atoms. The van der Waals surface area contributed by atoms with Gasteiger partial charge in [0.2, 0.25) is 0 Å². The highest BCUT2D eigenvalue weighted by molar-refractivity contribution is 7.22. The summed E-state index contributed by atoms with van der Waals surface area (Å²) in [5.41, 5.74) is 3.13. The van der Waals surface area contributed by atoms with E-state index in [0.717, 1.165) is 21.3 Å². The van der Waals surface area contributed by atoms with Gasteiger partial charge in [0.15, 0.2) is 5.13 Å². The van der Waals surface area contributed by atoms with Crippen molar-refractivity contribution < 1.29 is 13.6 Å². The Morgan fingerprint density at radius 1 is 1.15 bits per heavy atom. The number of hydrogen-bond donors (Lipinski definition) is 0. The topological polar surface area (TPSA) is 46.3 Å². The summed E-state index contributed by atoms with van der Waals surface area (Å²) in [6.07, 6.45) is 1.55. The SMILES string of the molecule is Cc1cc2nc(N(Cc3ccco3)C(=O)c3ccccc3F)sc2cc1C. The second kappa shape index (κ2) is 6.96. The summed E-state index contributed by atoms with van der Waals surface area (Å²) in [6.45, 7) is 4.25. The molecular weight excluding hydrogens is 363 g/mol. The standard InChI is InChI=1S/C21H17FN2O2S/c1-13-10-18-19(11-14(13)2)27-21(23-18)24(12-15-6-5-9-26-15)20(25)16-7-3-4-8-17(16)22/h3-11H,12H2,1-2H3. The van der Waals surface area contributed by atoms with Crippen LogP contribution in [0.25, 0.3) is 10.2 Å². The fourth-order valence-corrected chi connectivity index (χ4v) is 3.89. The number of hydrogen-bond acceptors (Lipinski definition) is 4. The average molecular weight is 380 g/mol. The lowest BCUT2D eigenvalue weighted by Crippen LogP contribution is -2.30. The van der Waals surface area contributed by atoms with E-state index < -0.39 is 11.7 Å². The molecule has 0 unspecified atom stereocenters. The minimum atomic E-state index is -0.556. The Morgan fingerprint density at radius 2 is 1.93 bits per heavy atom. The molecule has 0 radical (unpaired) electrons. The lowest BCUT2D eigenvalue weighted by atomic mass is 10.1. The van der Waals surface area contributed by atoms with Gasteiger partial charge in [0.1, 0.15) is 11.6 Å². The van der Waals surface area contributed by atoms with E-state index in [4.69, 9.17) is 4.42 Å². The zero-order valence-electron chi connectivity index (χ0n) is 14.9. The zero-order valence-corrected chi connectivity index (χ0v) is 15.7. The van der Waals surface area contributed by atoms with Crippen molar-refractivity contribution in [3.8, 4) is 0 Å². The highest BCUT2D eigenvalue weighted by atomic mass is 32.1. The maximum Gasteiger partial charge on any atom is 0.263 e. The average Bonchev–Trinajstić information content (AvgIpc) is 3.29. The number of anilines is 1. The number of halogens is 1. The van der Waals surface area contributed by atoms with E-state index in [2.05, 4.69) is 11.1 Å². The van der Waals surface area contributed by atoms with Crippen molar-refractivity contribution in [1.82, 2.24) is 4.98 Å². The van der Waals surface area contributed by atoms with Crippen LogP contribution in [-0.4, -0.2) is 10.9 Å². The van der Waals surface area contributed by atoms with E-state index in [1.54, 1.807) is 30.5 Å². The fraction of sp³-hybridized carbons (Fsp3) is 0.143. The number of furan rings is 1. The number of fused-ring (bicyclic) bond motifs is 1. The van der Waals surface area contributed by atoms with Crippen LogP contribution in [0, 0.1) is 19.7 Å². The van der Waals surface area contributed by atoms with Crippen molar-refractivity contribution in [2.75, 3.05) is 4.90 Å². The molecule has 0 N–H and O–H groups in total. The maximum atomic E-state index is 14.2. The molecule has 0 saturated carbocycles. The first-order valence-corrected chi connectivity index (χ1v) is 9.31. The molecule has 2 heterocycles. The van der Waals surface area contributed by atoms with Crippen LogP contribution >= 0.6 is 11.3 Å². The summed E-state index contributed by atoms with van der Waals surface area (Å²) in [4.78, 5) is 19.2. The van der Waals surface area contributed by atoms with Crippen molar-refractivity contribution in [3.63, 3.8) is 0 Å². The van der Waals surface area contributed by atoms with Gasteiger partial charge in [-0.05, 0) is 61.4 Å². The summed E-state index contributed by atoms with van der Waals surface area (Å²) in [5.74, 6) is -0.400. The molecule has 0 aliphatic heterocycles. The zero-order chi connectivity index (χ0) is 19.0. The number of aromatic nitrogens is 1. The highest BCUT2D eigenvalue weighted by Crippen LogP contribution is 2.32. The van der Waals surface area contributed by atoms with Gasteiger partial charge in [-0.25, -0.2) is 9.37 Å². The van der Waals surface area contributed by atoms with E-state index in [1.165, 1.54) is 28.4 Å². The number of rotatable bonds is 4. The van der Waals surface area contributed by atoms with Crippen molar-refractivity contribution in [3.05, 3.63) is 83.1 Å². The van der Waals surface area contributed by atoms with Crippen LogP contribution in [0.5, 0.6) is 0 Å². The van der Waals surface area contributed by atoms with Gasteiger partial charge in [-0.3, -0.25) is 9.69 Å². The molecule has 1 amide bonds. The Kier molecular flexibility index (Phi) is 4.49. The molecule has 0 aliphatic carbocycles. The quantitative estimate of drug-likeness (QED) is 0.470. The van der Waals surface area contributed by atoms with E-state index in [0.29, 0.717) is 10.9 Å². The molecule has 0 bridgehead atoms. The van der Waals surface area contributed by atoms with Gasteiger partial charge >= 0.3 is 0 Å². The van der Waals surface area contributed by atoms with Gasteiger partial charge in [0.25, 0.3) is 5.91 Å². The second-order valence-electron chi connectivity index (χ2n) is 6.35. The summed E-state index contributed by atoms with van der Waals surface area (Å²) >= 11 is 1.41. The third-order valence-electron chi connectivity index (χ3n) is 4.47. The smallest absolute Gasteiger partial charge is 0.263 e. The summed E-state index contributed by atoms with van der Waals surface area (Å²) in [6, 6.07) is 13.6. The van der Waals surface area contributed by atoms with Gasteiger partial charge in [0, 0.05) is 0 Å². The van der Waals surface area contributed by atoms with Gasteiger partial charge < -0.3 is 4.42 Å². The van der Waals surface area contributed by atoms with E-state index >= 15 is 0 Å². The first-order chi connectivity index (χ1) is 13.0. The number of aryl methyl sites for hydroxylation is 2. The number of carbonyl (C=O) groups is 1. The van der Waals surface area contributed by atoms with Crippen molar-refractivity contribution in [1.29, 1.82) is 0 Å². The minimum absolute atomic E-state index is 0.00988. The lowest BCUT2D eigenvalue weighted by Gasteiger charge is -2.19. The Morgan fingerprint density at radius 3 is 2.67 bits per heavy atom. The summed E-state index contributed by atoms with van der Waals surface area (Å²) < 4.78 is 20.6. The maximum absolute atomic E-state index is 14.2. The molecular formula is C21H17FN2O2S. The Balaban J connectivity index is 1.80. The molecule has 136 valence electrons. The molecule has 2 aromatic carbocycles. The molecule has 4 aromatic rings. The number of nitrogens with zero attached hydrogens (tertiary/aromatic N) is 2. The second-order valence-corrected chi connectivity index (χ2v) is 7.36. The summed E-state index contributed by atoms with van der Waals surface area (Å²) in [7, 11) is 0. The van der Waals surface area contributed by atoms with Crippen LogP contribution in [0.4, 0.5) is 9.52 Å². The van der Waals surface area contributed by atoms with Crippen LogP contribution in [0.2, 0.25) is 0 Å². The van der Waals surface area contributed by atoms with Gasteiger partial charge in [0.05, 0.1) is 28.6 Å². The predicted molar refractivity (Wildman–Crippen MR) is 105 cm³/mol. The van der Waals surface area contributed by atoms with Crippen molar-refractivity contribution >= 4 is 32.6 Å². The third kappa shape index (κ3) is 3.36. The predicted octanol–water partition coefficient (Wildman–Crippen LogP) is 5.49. The van der Waals surface area contributed by atoms with E-state index in [1.807, 2.05) is 19.9 Å². The lowest BCUT2D eigenvalue weighted by molar-refractivity contribution is 0.0979. The molecule has 0 saturated heterocycles. The van der Waals surface area contributed by atoms with Gasteiger partial charge in [-0.1, -0.05) is 23.5 Å². The largest absolute Gasteiger partial charge is 0.467 e. The molecule has 0 fully saturated rings. The fourth-order valence-electron chi connectivity index (χ4n) is 2.85. The van der Waals surface area contributed by atoms with Crippen LogP contribution in [-0.2, 0) is 6.54 Å². The van der Waals surface area contributed by atoms with Gasteiger partial charge in [-0.2, -0.15) is 0 Å². The normalized spacial score (nSPS) is 11.1. The molecule has 2 aromatic heterocycles. The van der Waals surface area contributed by atoms with E-state index in [9.17, 15) is 9.18 Å². The van der Waals surface area contributed by atoms with Crippen LogP contribution < -0.4 is 4.90 Å². The first-order valence-electron chi connectivity index (χ1n) is 8.49. The molecule has 0 spiro atoms. The first kappa shape index (κ1) is 17.4. The third-order valence-corrected chi connectivity index (χ3v) is 5.51. The summed E-state index contributed by atoms with van der Waals surface area (Å²) in [5, 5.41) is 0.514. The monoisotopic (exact) mass is 380 g/mol. The molecule has 4 rings (SSSR count). The molecule has 0 aliphatic rings. The van der Waals surface area contributed by atoms with Crippen molar-refractivity contribution in [2.24, 2.45) is 0 Å². The van der Waals surface area contributed by atoms with Crippen LogP contribution in [0.3, 0.4) is 0 Å². The molecule has 0 atom stereocenters. The van der Waals surface area contributed by atoms with Crippen LogP contribution in [0.15, 0.2) is 59.2 Å². The number of thiazole rings is 1. The van der Waals surface area contributed by atoms with Crippen LogP contribution in [0.1, 0.15) is 27.2 Å². The number of carbonyl (C=O) groups excluding carboxylic acids is 1. The van der Waals surface area contributed by atoms with Crippen molar-refractivity contribution in [2.45, 2.75) is 20.4 Å². The number of amides is 1. The molecule has 6 heteroatoms. The highest BCUT2D eigenvalue weighted by Gasteiger charge is 2.24. The number of benzene rings is 2. The Hall–Kier alpha value is -2.99. The Labute approximate surface area is 159 Å². The van der Waals surface area contributed by atoms with E-state index in [-0.39, 0.29) is 12.1 Å². The Bertz CT molecular complexity index is 1080.